The van der Waals surface area contributed by atoms with Gasteiger partial charge < -0.3 is 4.74 Å². The monoisotopic (exact) mass is 447 g/mol. The Bertz CT molecular complexity index is 1230. The van der Waals surface area contributed by atoms with Gasteiger partial charge in [0.1, 0.15) is 0 Å². The topological polar surface area (TPSA) is 39.2 Å². The molecule has 3 nitrogen and oxygen atoms in total. The molecule has 4 aromatic rings. The third-order valence-electron chi connectivity index (χ3n) is 5.85. The lowest BCUT2D eigenvalue weighted by Gasteiger charge is -2.20. The first-order valence-corrected chi connectivity index (χ1v) is 9.78. The van der Waals surface area contributed by atoms with Crippen molar-refractivity contribution in [3.05, 3.63) is 77.6 Å². The van der Waals surface area contributed by atoms with Crippen molar-refractivity contribution >= 4 is 44.5 Å². The third-order valence-corrected chi connectivity index (χ3v) is 5.85. The molecule has 146 valence electrons. The number of carbonyl (C=O) groups excluding carboxylic acids is 1. The summed E-state index contributed by atoms with van der Waals surface area (Å²) in [4.78, 5) is 16.7. The van der Waals surface area contributed by atoms with Crippen molar-refractivity contribution in [2.45, 2.75) is 25.7 Å². The summed E-state index contributed by atoms with van der Waals surface area (Å²) >= 11 is 0. The number of benzene rings is 3. The van der Waals surface area contributed by atoms with E-state index in [0.29, 0.717) is 5.69 Å². The average Bonchev–Trinajstić information content (AvgIpc) is 2.77. The molecular formula is C25H22BrNO2. The van der Waals surface area contributed by atoms with Crippen LogP contribution in [0.2, 0.25) is 0 Å². The van der Waals surface area contributed by atoms with Crippen LogP contribution >= 0.6 is 17.0 Å². The van der Waals surface area contributed by atoms with Gasteiger partial charge in [-0.1, -0.05) is 42.5 Å². The highest BCUT2D eigenvalue weighted by molar-refractivity contribution is 8.93. The van der Waals surface area contributed by atoms with Crippen LogP contribution in [0.1, 0.15) is 34.5 Å². The van der Waals surface area contributed by atoms with E-state index in [9.17, 15) is 4.79 Å². The van der Waals surface area contributed by atoms with Gasteiger partial charge in [0, 0.05) is 11.8 Å². The highest BCUT2D eigenvalue weighted by Gasteiger charge is 2.20. The molecule has 0 saturated carbocycles. The lowest BCUT2D eigenvalue weighted by molar-refractivity contribution is 0.0595. The van der Waals surface area contributed by atoms with Crippen molar-refractivity contribution in [1.29, 1.82) is 0 Å². The molecule has 0 fully saturated rings. The highest BCUT2D eigenvalue weighted by atomic mass is 79.9. The third kappa shape index (κ3) is 3.22. The first-order valence-electron chi connectivity index (χ1n) is 9.78. The molecule has 0 amide bonds. The van der Waals surface area contributed by atoms with Crippen molar-refractivity contribution in [2.24, 2.45) is 0 Å². The molecular weight excluding hydrogens is 426 g/mol. The molecule has 1 aliphatic rings. The predicted octanol–water partition coefficient (Wildman–Crippen LogP) is 6.30. The maximum Gasteiger partial charge on any atom is 0.357 e. The minimum absolute atomic E-state index is 0. The van der Waals surface area contributed by atoms with Crippen LogP contribution in [0.5, 0.6) is 0 Å². The molecule has 0 saturated heterocycles. The van der Waals surface area contributed by atoms with Gasteiger partial charge in [-0.3, -0.25) is 0 Å². The standard InChI is InChI=1S/C25H21NO2.BrH/c1-28-25(27)24-21(11-6-14-26-24)23-15-22-17-8-3-2-7-16(17)12-13-20(22)18-9-4-5-10-19(18)23;/h4-6,9-15H,2-3,7-8H2,1H3;1H. The highest BCUT2D eigenvalue weighted by Crippen LogP contribution is 2.39. The molecule has 0 aliphatic heterocycles. The maximum atomic E-state index is 12.4. The molecule has 3 aromatic carbocycles. The fraction of sp³-hybridized carbons (Fsp3) is 0.200. The van der Waals surface area contributed by atoms with Gasteiger partial charge in [-0.25, -0.2) is 9.78 Å². The Labute approximate surface area is 180 Å². The van der Waals surface area contributed by atoms with Crippen molar-refractivity contribution in [3.63, 3.8) is 0 Å². The Morgan fingerprint density at radius 3 is 2.45 bits per heavy atom. The zero-order valence-corrected chi connectivity index (χ0v) is 18.0. The Kier molecular flexibility index (Phi) is 5.37. The van der Waals surface area contributed by atoms with Gasteiger partial charge in [-0.2, -0.15) is 0 Å². The van der Waals surface area contributed by atoms with Crippen molar-refractivity contribution < 1.29 is 9.53 Å². The summed E-state index contributed by atoms with van der Waals surface area (Å²) in [5, 5.41) is 4.92. The quantitative estimate of drug-likeness (QED) is 0.267. The minimum atomic E-state index is -0.408. The molecule has 4 heteroatoms. The van der Waals surface area contributed by atoms with E-state index in [1.54, 1.807) is 6.20 Å². The summed E-state index contributed by atoms with van der Waals surface area (Å²) in [5.74, 6) is -0.408. The molecule has 1 aliphatic carbocycles. The molecule has 0 unspecified atom stereocenters. The normalized spacial score (nSPS) is 13.0. The number of aryl methyl sites for hydroxylation is 2. The maximum absolute atomic E-state index is 12.4. The summed E-state index contributed by atoms with van der Waals surface area (Å²) < 4.78 is 4.99. The number of esters is 1. The van der Waals surface area contributed by atoms with E-state index in [2.05, 4.69) is 41.4 Å². The summed E-state index contributed by atoms with van der Waals surface area (Å²) in [5.41, 5.74) is 5.13. The van der Waals surface area contributed by atoms with Gasteiger partial charge in [0.05, 0.1) is 7.11 Å². The van der Waals surface area contributed by atoms with Crippen LogP contribution in [0.3, 0.4) is 0 Å². The molecule has 0 radical (unpaired) electrons. The van der Waals surface area contributed by atoms with Crippen LogP contribution in [-0.2, 0) is 17.6 Å². The van der Waals surface area contributed by atoms with Crippen LogP contribution < -0.4 is 0 Å². The largest absolute Gasteiger partial charge is 0.464 e. The van der Waals surface area contributed by atoms with Gasteiger partial charge in [-0.15, -0.1) is 17.0 Å². The van der Waals surface area contributed by atoms with E-state index in [-0.39, 0.29) is 17.0 Å². The lowest BCUT2D eigenvalue weighted by Crippen LogP contribution is -2.07. The Morgan fingerprint density at radius 2 is 1.62 bits per heavy atom. The second-order valence-corrected chi connectivity index (χ2v) is 7.37. The number of nitrogens with zero attached hydrogens (tertiary/aromatic N) is 1. The van der Waals surface area contributed by atoms with Gasteiger partial charge in [0.15, 0.2) is 5.69 Å². The SMILES string of the molecule is Br.COC(=O)c1ncccc1-c1cc2c3c(ccc2c2ccccc12)CCCC3. The minimum Gasteiger partial charge on any atom is -0.464 e. The van der Waals surface area contributed by atoms with Crippen LogP contribution in [-0.4, -0.2) is 18.1 Å². The fourth-order valence-corrected chi connectivity index (χ4v) is 4.54. The van der Waals surface area contributed by atoms with Crippen LogP contribution in [0.15, 0.2) is 60.8 Å². The molecule has 29 heavy (non-hydrogen) atoms. The summed E-state index contributed by atoms with van der Waals surface area (Å²) in [6.07, 6.45) is 6.39. The molecule has 0 spiro atoms. The molecule has 1 heterocycles. The van der Waals surface area contributed by atoms with Gasteiger partial charge in [0.25, 0.3) is 0 Å². The van der Waals surface area contributed by atoms with E-state index in [1.807, 2.05) is 18.2 Å². The van der Waals surface area contributed by atoms with Crippen molar-refractivity contribution in [2.75, 3.05) is 7.11 Å². The molecule has 5 rings (SSSR count). The van der Waals surface area contributed by atoms with E-state index in [0.717, 1.165) is 29.4 Å². The van der Waals surface area contributed by atoms with E-state index >= 15 is 0 Å². The summed E-state index contributed by atoms with van der Waals surface area (Å²) in [6.45, 7) is 0. The fourth-order valence-electron chi connectivity index (χ4n) is 4.54. The first-order chi connectivity index (χ1) is 13.8. The Balaban J connectivity index is 0.00000205. The average molecular weight is 448 g/mol. The number of hydrogen-bond acceptors (Lipinski definition) is 3. The smallest absolute Gasteiger partial charge is 0.357 e. The molecule has 0 atom stereocenters. The van der Waals surface area contributed by atoms with Crippen LogP contribution in [0.4, 0.5) is 0 Å². The van der Waals surface area contributed by atoms with E-state index in [1.165, 1.54) is 47.2 Å². The molecule has 0 N–H and O–H groups in total. The number of halogens is 1. The van der Waals surface area contributed by atoms with Crippen molar-refractivity contribution in [1.82, 2.24) is 4.98 Å². The summed E-state index contributed by atoms with van der Waals surface area (Å²) in [7, 11) is 1.40. The van der Waals surface area contributed by atoms with Gasteiger partial charge >= 0.3 is 5.97 Å². The van der Waals surface area contributed by atoms with Gasteiger partial charge in [-0.05, 0) is 76.1 Å². The van der Waals surface area contributed by atoms with Gasteiger partial charge in [0.2, 0.25) is 0 Å². The number of carbonyl (C=O) groups is 1. The number of fused-ring (bicyclic) bond motifs is 5. The molecule has 0 bridgehead atoms. The first kappa shape index (κ1) is 19.6. The Morgan fingerprint density at radius 1 is 0.862 bits per heavy atom. The van der Waals surface area contributed by atoms with Crippen LogP contribution in [0.25, 0.3) is 32.7 Å². The number of aromatic nitrogens is 1. The number of ether oxygens (including phenoxy) is 1. The zero-order chi connectivity index (χ0) is 19.1. The molecule has 1 aromatic heterocycles. The lowest BCUT2D eigenvalue weighted by atomic mass is 9.84. The number of hydrogen-bond donors (Lipinski definition) is 0. The number of methoxy groups -OCH3 is 1. The second kappa shape index (κ2) is 7.96. The summed E-state index contributed by atoms with van der Waals surface area (Å²) in [6, 6.07) is 19.1. The Hall–Kier alpha value is -2.72. The number of pyridine rings is 1. The van der Waals surface area contributed by atoms with Crippen molar-refractivity contribution in [3.8, 4) is 11.1 Å². The van der Waals surface area contributed by atoms with E-state index < -0.39 is 5.97 Å². The van der Waals surface area contributed by atoms with Crippen LogP contribution in [0, 0.1) is 0 Å². The van der Waals surface area contributed by atoms with E-state index in [4.69, 9.17) is 4.74 Å². The second-order valence-electron chi connectivity index (χ2n) is 7.37. The number of rotatable bonds is 2. The predicted molar refractivity (Wildman–Crippen MR) is 123 cm³/mol. The zero-order valence-electron chi connectivity index (χ0n) is 16.3.